The van der Waals surface area contributed by atoms with E-state index in [9.17, 15) is 4.79 Å². The molecule has 2 aromatic rings. The molecule has 3 nitrogen and oxygen atoms in total. The Hall–Kier alpha value is -2.16. The first-order valence-corrected chi connectivity index (χ1v) is 5.61. The molecule has 0 radical (unpaired) electrons. The Balaban J connectivity index is 2.08. The fraction of sp³-hybridized carbons (Fsp3) is 0.143. The van der Waals surface area contributed by atoms with Crippen LogP contribution in [0, 0.1) is 0 Å². The minimum Gasteiger partial charge on any atom is -0.307 e. The Bertz CT molecular complexity index is 491. The quantitative estimate of drug-likeness (QED) is 0.874. The monoisotopic (exact) mass is 226 g/mol. The molecule has 1 aromatic carbocycles. The number of hydrogen-bond donors (Lipinski definition) is 1. The predicted molar refractivity (Wildman–Crippen MR) is 68.0 cm³/mol. The highest BCUT2D eigenvalue weighted by atomic mass is 16.1. The molecular formula is C14H14N2O. The van der Waals surface area contributed by atoms with Crippen molar-refractivity contribution in [2.45, 2.75) is 13.3 Å². The zero-order valence-electron chi connectivity index (χ0n) is 9.68. The van der Waals surface area contributed by atoms with E-state index < -0.39 is 0 Å². The molecule has 86 valence electrons. The van der Waals surface area contributed by atoms with Crippen LogP contribution in [0.4, 0.5) is 5.82 Å². The second-order valence-corrected chi connectivity index (χ2v) is 3.73. The summed E-state index contributed by atoms with van der Waals surface area (Å²) in [5.74, 6) is 0.443. The van der Waals surface area contributed by atoms with Crippen molar-refractivity contribution >= 4 is 11.7 Å². The first-order chi connectivity index (χ1) is 8.29. The van der Waals surface area contributed by atoms with Gasteiger partial charge in [-0.15, -0.1) is 0 Å². The average Bonchev–Trinajstić information content (AvgIpc) is 2.40. The van der Waals surface area contributed by atoms with Crippen molar-refractivity contribution in [1.82, 2.24) is 4.98 Å². The fourth-order valence-electron chi connectivity index (χ4n) is 1.49. The number of anilines is 1. The van der Waals surface area contributed by atoms with Crippen LogP contribution in [0.2, 0.25) is 0 Å². The molecule has 0 aliphatic heterocycles. The Labute approximate surface area is 101 Å². The lowest BCUT2D eigenvalue weighted by molar-refractivity contribution is 0.102. The van der Waals surface area contributed by atoms with Gasteiger partial charge in [-0.3, -0.25) is 4.79 Å². The maximum absolute atomic E-state index is 11.8. The summed E-state index contributed by atoms with van der Waals surface area (Å²) < 4.78 is 0. The van der Waals surface area contributed by atoms with E-state index in [1.165, 1.54) is 0 Å². The summed E-state index contributed by atoms with van der Waals surface area (Å²) in [5, 5.41) is 2.76. The second-order valence-electron chi connectivity index (χ2n) is 3.73. The van der Waals surface area contributed by atoms with E-state index in [-0.39, 0.29) is 5.91 Å². The maximum atomic E-state index is 11.8. The van der Waals surface area contributed by atoms with E-state index in [4.69, 9.17) is 0 Å². The zero-order valence-corrected chi connectivity index (χ0v) is 9.68. The van der Waals surface area contributed by atoms with Gasteiger partial charge in [-0.25, -0.2) is 4.98 Å². The highest BCUT2D eigenvalue weighted by molar-refractivity contribution is 6.03. The van der Waals surface area contributed by atoms with Gasteiger partial charge in [-0.05, 0) is 30.2 Å². The molecule has 1 amide bonds. The molecule has 3 heteroatoms. The van der Waals surface area contributed by atoms with Gasteiger partial charge in [-0.2, -0.15) is 0 Å². The summed E-state index contributed by atoms with van der Waals surface area (Å²) in [6.07, 6.45) is 2.72. The average molecular weight is 226 g/mol. The molecule has 17 heavy (non-hydrogen) atoms. The summed E-state index contributed by atoms with van der Waals surface area (Å²) in [4.78, 5) is 16.0. The number of rotatable bonds is 3. The molecule has 0 unspecified atom stereocenters. The Morgan fingerprint density at radius 2 is 1.94 bits per heavy atom. The molecule has 0 saturated heterocycles. The van der Waals surface area contributed by atoms with E-state index >= 15 is 0 Å². The normalized spacial score (nSPS) is 9.94. The summed E-state index contributed by atoms with van der Waals surface area (Å²) in [5.41, 5.74) is 1.79. The largest absolute Gasteiger partial charge is 0.307 e. The molecule has 1 aromatic heterocycles. The molecular weight excluding hydrogens is 212 g/mol. The van der Waals surface area contributed by atoms with Gasteiger partial charge in [0.1, 0.15) is 5.82 Å². The van der Waals surface area contributed by atoms with Crippen molar-refractivity contribution in [1.29, 1.82) is 0 Å². The molecule has 0 aliphatic carbocycles. The number of benzene rings is 1. The third-order valence-electron chi connectivity index (χ3n) is 2.51. The minimum atomic E-state index is -0.137. The van der Waals surface area contributed by atoms with Crippen molar-refractivity contribution in [3.05, 3.63) is 59.8 Å². The van der Waals surface area contributed by atoms with Crippen molar-refractivity contribution in [3.63, 3.8) is 0 Å². The summed E-state index contributed by atoms with van der Waals surface area (Å²) >= 11 is 0. The number of pyridine rings is 1. The maximum Gasteiger partial charge on any atom is 0.256 e. The van der Waals surface area contributed by atoms with Gasteiger partial charge in [0.25, 0.3) is 5.91 Å². The van der Waals surface area contributed by atoms with E-state index in [1.54, 1.807) is 18.3 Å². The summed E-state index contributed by atoms with van der Waals surface area (Å²) in [7, 11) is 0. The van der Waals surface area contributed by atoms with Crippen LogP contribution in [0.1, 0.15) is 22.8 Å². The highest BCUT2D eigenvalue weighted by Crippen LogP contribution is 2.08. The van der Waals surface area contributed by atoms with Crippen molar-refractivity contribution in [2.75, 3.05) is 5.32 Å². The van der Waals surface area contributed by atoms with Gasteiger partial charge in [-0.1, -0.05) is 31.2 Å². The van der Waals surface area contributed by atoms with Gasteiger partial charge in [0.15, 0.2) is 0 Å². The van der Waals surface area contributed by atoms with Gasteiger partial charge >= 0.3 is 0 Å². The molecule has 0 spiro atoms. The highest BCUT2D eigenvalue weighted by Gasteiger charge is 2.05. The van der Waals surface area contributed by atoms with Gasteiger partial charge < -0.3 is 5.32 Å². The smallest absolute Gasteiger partial charge is 0.256 e. The number of nitrogens with one attached hydrogen (secondary N) is 1. The topological polar surface area (TPSA) is 42.0 Å². The number of aromatic nitrogens is 1. The predicted octanol–water partition coefficient (Wildman–Crippen LogP) is 2.90. The van der Waals surface area contributed by atoms with Crippen LogP contribution >= 0.6 is 0 Å². The van der Waals surface area contributed by atoms with Crippen molar-refractivity contribution < 1.29 is 4.79 Å². The molecule has 0 aliphatic rings. The second kappa shape index (κ2) is 5.25. The number of hydrogen-bond acceptors (Lipinski definition) is 2. The van der Waals surface area contributed by atoms with Crippen LogP contribution in [-0.2, 0) is 6.42 Å². The van der Waals surface area contributed by atoms with Crippen LogP contribution in [0.15, 0.2) is 48.7 Å². The van der Waals surface area contributed by atoms with Crippen LogP contribution in [0.5, 0.6) is 0 Å². The minimum absolute atomic E-state index is 0.137. The van der Waals surface area contributed by atoms with Gasteiger partial charge in [0.2, 0.25) is 0 Å². The number of aryl methyl sites for hydroxylation is 1. The number of amides is 1. The lowest BCUT2D eigenvalue weighted by Gasteiger charge is -2.04. The van der Waals surface area contributed by atoms with Crippen molar-refractivity contribution in [3.8, 4) is 0 Å². The Kier molecular flexibility index (Phi) is 3.50. The zero-order chi connectivity index (χ0) is 12.1. The molecule has 2 rings (SSSR count). The molecule has 1 N–H and O–H groups in total. The molecule has 0 saturated carbocycles. The third kappa shape index (κ3) is 2.91. The van der Waals surface area contributed by atoms with Crippen molar-refractivity contribution in [2.24, 2.45) is 0 Å². The standard InChI is InChI=1S/C14H14N2O/c1-2-11-8-9-13(15-10-11)16-14(17)12-6-4-3-5-7-12/h3-10H,2H2,1H3,(H,15,16,17). The number of carbonyl (C=O) groups is 1. The molecule has 0 atom stereocenters. The third-order valence-corrected chi connectivity index (χ3v) is 2.51. The van der Waals surface area contributed by atoms with Crippen LogP contribution in [-0.4, -0.2) is 10.9 Å². The van der Waals surface area contributed by atoms with Crippen LogP contribution in [0.3, 0.4) is 0 Å². The first kappa shape index (κ1) is 11.3. The molecule has 0 fully saturated rings. The van der Waals surface area contributed by atoms with Crippen LogP contribution in [0.25, 0.3) is 0 Å². The Morgan fingerprint density at radius 3 is 2.53 bits per heavy atom. The van der Waals surface area contributed by atoms with E-state index in [1.807, 2.05) is 30.3 Å². The molecule has 1 heterocycles. The lowest BCUT2D eigenvalue weighted by Crippen LogP contribution is -2.12. The van der Waals surface area contributed by atoms with E-state index in [2.05, 4.69) is 17.2 Å². The van der Waals surface area contributed by atoms with Gasteiger partial charge in [0, 0.05) is 11.8 Å². The van der Waals surface area contributed by atoms with Gasteiger partial charge in [0.05, 0.1) is 0 Å². The SMILES string of the molecule is CCc1ccc(NC(=O)c2ccccc2)nc1. The molecule has 0 bridgehead atoms. The van der Waals surface area contributed by atoms with Crippen LogP contribution < -0.4 is 5.32 Å². The first-order valence-electron chi connectivity index (χ1n) is 5.61. The van der Waals surface area contributed by atoms with E-state index in [0.717, 1.165) is 12.0 Å². The summed E-state index contributed by atoms with van der Waals surface area (Å²) in [6, 6.07) is 12.9. The lowest BCUT2D eigenvalue weighted by atomic mass is 10.2. The van der Waals surface area contributed by atoms with E-state index in [0.29, 0.717) is 11.4 Å². The Morgan fingerprint density at radius 1 is 1.18 bits per heavy atom. The number of carbonyl (C=O) groups excluding carboxylic acids is 1. The summed E-state index contributed by atoms with van der Waals surface area (Å²) in [6.45, 7) is 2.07. The number of nitrogens with zero attached hydrogens (tertiary/aromatic N) is 1. The fourth-order valence-corrected chi connectivity index (χ4v) is 1.49.